The quantitative estimate of drug-likeness (QED) is 0.506. The fourth-order valence-corrected chi connectivity index (χ4v) is 4.33. The Labute approximate surface area is 193 Å². The number of amides is 1. The molecule has 170 valence electrons. The Kier molecular flexibility index (Phi) is 6.42. The van der Waals surface area contributed by atoms with Gasteiger partial charge < -0.3 is 19.2 Å². The highest BCUT2D eigenvalue weighted by atomic mass is 16.6. The predicted octanol–water partition coefficient (Wildman–Crippen LogP) is 4.93. The molecule has 2 aliphatic heterocycles. The lowest BCUT2D eigenvalue weighted by atomic mass is 10.0. The number of nitrogens with zero attached hydrogens (tertiary/aromatic N) is 2. The minimum absolute atomic E-state index is 0.0395. The molecule has 6 heteroatoms. The molecular formula is C27H28N2O4. The Morgan fingerprint density at radius 3 is 2.70 bits per heavy atom. The summed E-state index contributed by atoms with van der Waals surface area (Å²) in [5.41, 5.74) is 2.83. The van der Waals surface area contributed by atoms with Gasteiger partial charge in [0.25, 0.3) is 5.91 Å². The van der Waals surface area contributed by atoms with Crippen LogP contribution in [0.5, 0.6) is 11.5 Å². The van der Waals surface area contributed by atoms with Gasteiger partial charge in [-0.25, -0.2) is 0 Å². The number of carbonyl (C=O) groups excluding carboxylic acids is 1. The van der Waals surface area contributed by atoms with Crippen molar-refractivity contribution in [1.29, 1.82) is 0 Å². The smallest absolute Gasteiger partial charge is 0.260 e. The third-order valence-corrected chi connectivity index (χ3v) is 6.15. The van der Waals surface area contributed by atoms with Crippen LogP contribution < -0.4 is 9.47 Å². The summed E-state index contributed by atoms with van der Waals surface area (Å²) in [6.45, 7) is 2.64. The number of likely N-dealkylation sites (tertiary alicyclic amines) is 1. The molecule has 33 heavy (non-hydrogen) atoms. The van der Waals surface area contributed by atoms with Gasteiger partial charge in [0.2, 0.25) is 0 Å². The minimum Gasteiger partial charge on any atom is -0.492 e. The van der Waals surface area contributed by atoms with E-state index in [0.717, 1.165) is 42.8 Å². The third-order valence-electron chi connectivity index (χ3n) is 6.15. The van der Waals surface area contributed by atoms with E-state index >= 15 is 0 Å². The van der Waals surface area contributed by atoms with Crippen molar-refractivity contribution in [3.8, 4) is 11.5 Å². The number of hydrogen-bond acceptors (Lipinski definition) is 5. The average molecular weight is 445 g/mol. The Hall–Kier alpha value is -3.54. The average Bonchev–Trinajstić information content (AvgIpc) is 2.87. The molecule has 0 N–H and O–H groups in total. The van der Waals surface area contributed by atoms with Crippen LogP contribution >= 0.6 is 0 Å². The molecule has 1 amide bonds. The van der Waals surface area contributed by atoms with Crippen LogP contribution in [0.3, 0.4) is 0 Å². The fraction of sp³-hybridized carbons (Fsp3) is 0.333. The van der Waals surface area contributed by atoms with E-state index in [1.165, 1.54) is 17.2 Å². The maximum absolute atomic E-state index is 12.4. The minimum atomic E-state index is 0.0395. The highest BCUT2D eigenvalue weighted by Crippen LogP contribution is 2.30. The summed E-state index contributed by atoms with van der Waals surface area (Å²) >= 11 is 0. The number of hydrogen-bond donors (Lipinski definition) is 0. The van der Waals surface area contributed by atoms with E-state index in [0.29, 0.717) is 31.1 Å². The summed E-state index contributed by atoms with van der Waals surface area (Å²) in [6, 6.07) is 20.2. The van der Waals surface area contributed by atoms with Crippen molar-refractivity contribution in [1.82, 2.24) is 4.90 Å². The van der Waals surface area contributed by atoms with Gasteiger partial charge in [-0.05, 0) is 53.8 Å². The zero-order chi connectivity index (χ0) is 22.5. The molecule has 5 rings (SSSR count). The number of rotatable bonds is 6. The highest BCUT2D eigenvalue weighted by Gasteiger charge is 2.20. The molecule has 0 atom stereocenters. The van der Waals surface area contributed by atoms with Gasteiger partial charge in [0.1, 0.15) is 18.1 Å². The summed E-state index contributed by atoms with van der Waals surface area (Å²) < 4.78 is 11.6. The topological polar surface area (TPSA) is 60.4 Å². The Bertz CT molecular complexity index is 1170. The first-order chi connectivity index (χ1) is 16.3. The zero-order valence-corrected chi connectivity index (χ0v) is 18.7. The van der Waals surface area contributed by atoms with Gasteiger partial charge in [-0.15, -0.1) is 0 Å². The number of carbonyl (C=O) groups is 1. The number of oxime groups is 1. The molecular weight excluding hydrogens is 416 g/mol. The molecule has 0 unspecified atom stereocenters. The van der Waals surface area contributed by atoms with Gasteiger partial charge in [-0.3, -0.25) is 4.79 Å². The maximum Gasteiger partial charge on any atom is 0.260 e. The first kappa shape index (κ1) is 21.3. The lowest BCUT2D eigenvalue weighted by molar-refractivity contribution is -0.134. The van der Waals surface area contributed by atoms with E-state index in [1.807, 2.05) is 35.2 Å². The highest BCUT2D eigenvalue weighted by molar-refractivity contribution is 6.03. The van der Waals surface area contributed by atoms with Crippen LogP contribution in [-0.4, -0.2) is 42.8 Å². The van der Waals surface area contributed by atoms with E-state index < -0.39 is 0 Å². The summed E-state index contributed by atoms with van der Waals surface area (Å²) in [6.07, 6.45) is 4.02. The summed E-state index contributed by atoms with van der Waals surface area (Å²) in [5, 5.41) is 6.80. The van der Waals surface area contributed by atoms with E-state index in [-0.39, 0.29) is 12.5 Å². The molecule has 0 spiro atoms. The normalized spacial score (nSPS) is 16.8. The largest absolute Gasteiger partial charge is 0.492 e. The van der Waals surface area contributed by atoms with Crippen molar-refractivity contribution >= 4 is 22.4 Å². The predicted molar refractivity (Wildman–Crippen MR) is 128 cm³/mol. The van der Waals surface area contributed by atoms with E-state index in [9.17, 15) is 4.79 Å². The monoisotopic (exact) mass is 444 g/mol. The maximum atomic E-state index is 12.4. The number of benzene rings is 3. The van der Waals surface area contributed by atoms with Gasteiger partial charge in [0.15, 0.2) is 6.61 Å². The van der Waals surface area contributed by atoms with Gasteiger partial charge >= 0.3 is 0 Å². The molecule has 0 aliphatic carbocycles. The van der Waals surface area contributed by atoms with Crippen LogP contribution in [0, 0.1) is 0 Å². The van der Waals surface area contributed by atoms with Crippen LogP contribution in [-0.2, 0) is 16.2 Å². The first-order valence-electron chi connectivity index (χ1n) is 11.6. The fourth-order valence-electron chi connectivity index (χ4n) is 4.33. The number of fused-ring (bicyclic) bond motifs is 2. The molecule has 1 saturated heterocycles. The number of ether oxygens (including phenoxy) is 2. The second-order valence-corrected chi connectivity index (χ2v) is 8.48. The SMILES string of the molecule is O=C(COc1ccc2c(c1)OCC/C2=N/OCc1ccc2ccccc2c1)N1CCCCC1. The van der Waals surface area contributed by atoms with Gasteiger partial charge in [0.05, 0.1) is 12.3 Å². The van der Waals surface area contributed by atoms with Crippen molar-refractivity contribution in [2.75, 3.05) is 26.3 Å². The molecule has 0 saturated carbocycles. The van der Waals surface area contributed by atoms with Crippen molar-refractivity contribution in [2.45, 2.75) is 32.3 Å². The van der Waals surface area contributed by atoms with Gasteiger partial charge in [-0.1, -0.05) is 41.6 Å². The van der Waals surface area contributed by atoms with Gasteiger partial charge in [0, 0.05) is 31.1 Å². The van der Waals surface area contributed by atoms with Crippen molar-refractivity contribution in [2.24, 2.45) is 5.16 Å². The van der Waals surface area contributed by atoms with Crippen LogP contribution in [0.1, 0.15) is 36.8 Å². The lowest BCUT2D eigenvalue weighted by Crippen LogP contribution is -2.38. The molecule has 3 aromatic rings. The molecule has 2 heterocycles. The summed E-state index contributed by atoms with van der Waals surface area (Å²) in [7, 11) is 0. The molecule has 1 fully saturated rings. The Balaban J connectivity index is 1.21. The molecule has 0 aromatic heterocycles. The number of piperidine rings is 1. The van der Waals surface area contributed by atoms with Crippen LogP contribution in [0.15, 0.2) is 65.8 Å². The second-order valence-electron chi connectivity index (χ2n) is 8.48. The second kappa shape index (κ2) is 9.94. The van der Waals surface area contributed by atoms with Crippen molar-refractivity contribution in [3.63, 3.8) is 0 Å². The summed E-state index contributed by atoms with van der Waals surface area (Å²) in [5.74, 6) is 1.37. The van der Waals surface area contributed by atoms with Crippen molar-refractivity contribution in [3.05, 3.63) is 71.8 Å². The molecule has 3 aromatic carbocycles. The van der Waals surface area contributed by atoms with E-state index in [1.54, 1.807) is 0 Å². The molecule has 0 radical (unpaired) electrons. The first-order valence-corrected chi connectivity index (χ1v) is 11.6. The lowest BCUT2D eigenvalue weighted by Gasteiger charge is -2.26. The molecule has 6 nitrogen and oxygen atoms in total. The third kappa shape index (κ3) is 5.11. The van der Waals surface area contributed by atoms with Gasteiger partial charge in [-0.2, -0.15) is 0 Å². The Morgan fingerprint density at radius 2 is 1.82 bits per heavy atom. The standard InChI is InChI=1S/C27H28N2O4/c30-27(29-13-4-1-5-14-29)19-32-23-10-11-24-25(12-15-31-26(24)17-23)28-33-18-20-8-9-21-6-2-3-7-22(21)16-20/h2-3,6-11,16-17H,1,4-5,12-15,18-19H2/b28-25-. The Morgan fingerprint density at radius 1 is 0.970 bits per heavy atom. The van der Waals surface area contributed by atoms with Crippen LogP contribution in [0.4, 0.5) is 0 Å². The summed E-state index contributed by atoms with van der Waals surface area (Å²) in [4.78, 5) is 19.9. The zero-order valence-electron chi connectivity index (χ0n) is 18.7. The van der Waals surface area contributed by atoms with Crippen molar-refractivity contribution < 1.29 is 19.1 Å². The van der Waals surface area contributed by atoms with E-state index in [4.69, 9.17) is 14.3 Å². The van der Waals surface area contributed by atoms with Crippen LogP contribution in [0.2, 0.25) is 0 Å². The van der Waals surface area contributed by atoms with Crippen LogP contribution in [0.25, 0.3) is 10.8 Å². The molecule has 2 aliphatic rings. The molecule has 0 bridgehead atoms. The van der Waals surface area contributed by atoms with E-state index in [2.05, 4.69) is 35.5 Å².